The predicted octanol–water partition coefficient (Wildman–Crippen LogP) is 0.359. The summed E-state index contributed by atoms with van der Waals surface area (Å²) in [6.45, 7) is 2.11. The molecule has 1 atom stereocenters. The van der Waals surface area contributed by atoms with E-state index in [0.29, 0.717) is 17.5 Å². The second-order valence-corrected chi connectivity index (χ2v) is 6.52. The predicted molar refractivity (Wildman–Crippen MR) is 70.6 cm³/mol. The molecule has 2 fully saturated rings. The summed E-state index contributed by atoms with van der Waals surface area (Å²) < 4.78 is 22.5. The fraction of sp³-hybridized carbons (Fsp3) is 1.00. The highest BCUT2D eigenvalue weighted by atomic mass is 35.5. The van der Waals surface area contributed by atoms with Gasteiger partial charge in [-0.1, -0.05) is 0 Å². The summed E-state index contributed by atoms with van der Waals surface area (Å²) in [5, 5.41) is 6.75. The van der Waals surface area contributed by atoms with Crippen LogP contribution in [-0.4, -0.2) is 45.1 Å². The Bertz CT molecular complexity index is 292. The van der Waals surface area contributed by atoms with Crippen molar-refractivity contribution in [2.45, 2.75) is 31.3 Å². The Morgan fingerprint density at radius 1 is 1.00 bits per heavy atom. The van der Waals surface area contributed by atoms with E-state index < -0.39 is 9.84 Å². The molecule has 7 heteroatoms. The highest BCUT2D eigenvalue weighted by Gasteiger charge is 2.29. The maximum Gasteiger partial charge on any atom is 0.151 e. The van der Waals surface area contributed by atoms with Gasteiger partial charge >= 0.3 is 0 Å². The van der Waals surface area contributed by atoms with Gasteiger partial charge in [-0.2, -0.15) is 0 Å². The lowest BCUT2D eigenvalue weighted by atomic mass is 10.1. The van der Waals surface area contributed by atoms with Gasteiger partial charge in [0.05, 0.1) is 11.5 Å². The van der Waals surface area contributed by atoms with Crippen LogP contribution in [0.2, 0.25) is 0 Å². The van der Waals surface area contributed by atoms with Gasteiger partial charge in [0.15, 0.2) is 9.84 Å². The fourth-order valence-corrected chi connectivity index (χ4v) is 3.93. The first kappa shape index (κ1) is 16.4. The van der Waals surface area contributed by atoms with Crippen molar-refractivity contribution in [3.8, 4) is 0 Å². The molecular weight excluding hydrogens is 271 g/mol. The van der Waals surface area contributed by atoms with E-state index in [9.17, 15) is 8.42 Å². The Balaban J connectivity index is 0.00000112. The summed E-state index contributed by atoms with van der Waals surface area (Å²) in [5.74, 6) is 0.715. The molecule has 0 spiro atoms. The van der Waals surface area contributed by atoms with Crippen LogP contribution in [0.5, 0.6) is 0 Å². The first-order chi connectivity index (χ1) is 6.66. The molecule has 0 aromatic rings. The number of hydrogen-bond acceptors (Lipinski definition) is 4. The van der Waals surface area contributed by atoms with Gasteiger partial charge in [0.2, 0.25) is 0 Å². The van der Waals surface area contributed by atoms with Crippen LogP contribution in [0.4, 0.5) is 0 Å². The molecule has 2 aliphatic heterocycles. The molecule has 0 aliphatic carbocycles. The molecule has 0 aromatic carbocycles. The van der Waals surface area contributed by atoms with Gasteiger partial charge in [-0.15, -0.1) is 24.8 Å². The van der Waals surface area contributed by atoms with E-state index in [1.165, 1.54) is 0 Å². The van der Waals surface area contributed by atoms with E-state index in [1.54, 1.807) is 0 Å². The quantitative estimate of drug-likeness (QED) is 0.771. The number of nitrogens with one attached hydrogen (secondary N) is 2. The van der Waals surface area contributed by atoms with Crippen LogP contribution in [-0.2, 0) is 9.84 Å². The Kier molecular flexibility index (Phi) is 7.21. The van der Waals surface area contributed by atoms with E-state index in [4.69, 9.17) is 0 Å². The number of rotatable bonds is 2. The molecule has 4 nitrogen and oxygen atoms in total. The Hall–Kier alpha value is 0.450. The van der Waals surface area contributed by atoms with Gasteiger partial charge in [0.1, 0.15) is 0 Å². The summed E-state index contributed by atoms with van der Waals surface area (Å²) in [6, 6.07) is 0.734. The zero-order chi connectivity index (χ0) is 10.0. The number of halogens is 2. The van der Waals surface area contributed by atoms with Crippen LogP contribution in [0.3, 0.4) is 0 Å². The van der Waals surface area contributed by atoms with Crippen LogP contribution in [0, 0.1) is 0 Å². The van der Waals surface area contributed by atoms with Gasteiger partial charge in [0.25, 0.3) is 0 Å². The molecule has 2 saturated heterocycles. The lowest BCUT2D eigenvalue weighted by Gasteiger charge is -2.26. The average Bonchev–Trinajstić information content (AvgIpc) is 2.47. The lowest BCUT2D eigenvalue weighted by molar-refractivity contribution is 0.358. The van der Waals surface area contributed by atoms with Gasteiger partial charge in [-0.25, -0.2) is 8.42 Å². The minimum atomic E-state index is -2.72. The molecular formula is C9H20Cl2N2O2S. The number of piperidine rings is 1. The van der Waals surface area contributed by atoms with E-state index in [0.717, 1.165) is 32.4 Å². The Morgan fingerprint density at radius 2 is 1.62 bits per heavy atom. The lowest BCUT2D eigenvalue weighted by Crippen LogP contribution is -2.45. The Morgan fingerprint density at radius 3 is 2.12 bits per heavy atom. The molecule has 0 amide bonds. The molecule has 98 valence electrons. The zero-order valence-electron chi connectivity index (χ0n) is 9.15. The molecule has 0 saturated carbocycles. The summed E-state index contributed by atoms with van der Waals surface area (Å²) in [6.07, 6.45) is 3.04. The number of hydrogen-bond donors (Lipinski definition) is 2. The van der Waals surface area contributed by atoms with Crippen molar-refractivity contribution in [1.82, 2.24) is 10.6 Å². The molecule has 2 N–H and O–H groups in total. The number of sulfone groups is 1. The smallest absolute Gasteiger partial charge is 0.151 e. The summed E-state index contributed by atoms with van der Waals surface area (Å²) in [4.78, 5) is 0. The van der Waals surface area contributed by atoms with Crippen molar-refractivity contribution in [1.29, 1.82) is 0 Å². The summed E-state index contributed by atoms with van der Waals surface area (Å²) in [7, 11) is -2.72. The minimum absolute atomic E-state index is 0. The second-order valence-electron chi connectivity index (χ2n) is 4.29. The third-order valence-electron chi connectivity index (χ3n) is 3.04. The van der Waals surface area contributed by atoms with E-state index in [-0.39, 0.29) is 30.9 Å². The highest BCUT2D eigenvalue weighted by Crippen LogP contribution is 2.14. The van der Waals surface area contributed by atoms with Gasteiger partial charge in [-0.05, 0) is 32.4 Å². The topological polar surface area (TPSA) is 58.2 Å². The molecule has 0 aromatic heterocycles. The van der Waals surface area contributed by atoms with Crippen LogP contribution in [0.15, 0.2) is 0 Å². The molecule has 2 heterocycles. The van der Waals surface area contributed by atoms with Gasteiger partial charge in [0, 0.05) is 12.1 Å². The molecule has 1 unspecified atom stereocenters. The van der Waals surface area contributed by atoms with Crippen molar-refractivity contribution < 1.29 is 8.42 Å². The van der Waals surface area contributed by atoms with E-state index >= 15 is 0 Å². The van der Waals surface area contributed by atoms with Crippen molar-refractivity contribution >= 4 is 34.7 Å². The monoisotopic (exact) mass is 290 g/mol. The average molecular weight is 291 g/mol. The third kappa shape index (κ3) is 4.75. The highest BCUT2D eigenvalue weighted by molar-refractivity contribution is 7.91. The van der Waals surface area contributed by atoms with Gasteiger partial charge < -0.3 is 10.6 Å². The van der Waals surface area contributed by atoms with Crippen molar-refractivity contribution in [2.75, 3.05) is 24.6 Å². The largest absolute Gasteiger partial charge is 0.317 e. The molecule has 16 heavy (non-hydrogen) atoms. The van der Waals surface area contributed by atoms with E-state index in [1.807, 2.05) is 0 Å². The SMILES string of the molecule is Cl.Cl.O=S1(=O)CCC(NC2CCNCC2)C1. The zero-order valence-corrected chi connectivity index (χ0v) is 11.6. The Labute approximate surface area is 110 Å². The summed E-state index contributed by atoms with van der Waals surface area (Å²) >= 11 is 0. The maximum atomic E-state index is 11.2. The van der Waals surface area contributed by atoms with Crippen LogP contribution in [0.1, 0.15) is 19.3 Å². The first-order valence-electron chi connectivity index (χ1n) is 5.33. The van der Waals surface area contributed by atoms with Crippen LogP contribution in [0.25, 0.3) is 0 Å². The van der Waals surface area contributed by atoms with Crippen molar-refractivity contribution in [3.05, 3.63) is 0 Å². The maximum absolute atomic E-state index is 11.2. The fourth-order valence-electron chi connectivity index (χ4n) is 2.25. The molecule has 2 rings (SSSR count). The third-order valence-corrected chi connectivity index (χ3v) is 4.81. The second kappa shape index (κ2) is 7.01. The van der Waals surface area contributed by atoms with Gasteiger partial charge in [-0.3, -0.25) is 0 Å². The standard InChI is InChI=1S/C9H18N2O2S.2ClH/c12-14(13)6-3-9(7-14)11-8-1-4-10-5-2-8;;/h8-11H,1-7H2;2*1H. The van der Waals surface area contributed by atoms with E-state index in [2.05, 4.69) is 10.6 Å². The van der Waals surface area contributed by atoms with Crippen molar-refractivity contribution in [2.24, 2.45) is 0 Å². The molecule has 2 aliphatic rings. The molecule has 0 bridgehead atoms. The first-order valence-corrected chi connectivity index (χ1v) is 7.15. The summed E-state index contributed by atoms with van der Waals surface area (Å²) in [5.41, 5.74) is 0. The minimum Gasteiger partial charge on any atom is -0.317 e. The normalized spacial score (nSPS) is 29.1. The van der Waals surface area contributed by atoms with Crippen LogP contribution < -0.4 is 10.6 Å². The van der Waals surface area contributed by atoms with Crippen molar-refractivity contribution in [3.63, 3.8) is 0 Å². The van der Waals surface area contributed by atoms with Crippen LogP contribution >= 0.6 is 24.8 Å². The molecule has 0 radical (unpaired) electrons.